The van der Waals surface area contributed by atoms with E-state index in [0.29, 0.717) is 23.3 Å². The maximum atomic E-state index is 10.8. The van der Waals surface area contributed by atoms with Gasteiger partial charge in [-0.15, -0.1) is 0 Å². The summed E-state index contributed by atoms with van der Waals surface area (Å²) in [6, 6.07) is 4.92. The molecule has 92 valence electrons. The van der Waals surface area contributed by atoms with E-state index in [-0.39, 0.29) is 5.69 Å². The number of hydrogen-bond donors (Lipinski definition) is 2. The van der Waals surface area contributed by atoms with Crippen LogP contribution in [-0.4, -0.2) is 24.1 Å². The predicted molar refractivity (Wildman–Crippen MR) is 67.6 cm³/mol. The highest BCUT2D eigenvalue weighted by molar-refractivity contribution is 6.31. The molecule has 2 N–H and O–H groups in total. The van der Waals surface area contributed by atoms with Crippen LogP contribution in [0.4, 0.5) is 11.4 Å². The van der Waals surface area contributed by atoms with Gasteiger partial charge in [0.25, 0.3) is 5.69 Å². The molecular formula is C11H14ClN3O2. The molecule has 17 heavy (non-hydrogen) atoms. The van der Waals surface area contributed by atoms with Gasteiger partial charge in [0.15, 0.2) is 0 Å². The van der Waals surface area contributed by atoms with E-state index < -0.39 is 4.92 Å². The third-order valence-corrected chi connectivity index (χ3v) is 3.09. The normalized spacial score (nSPS) is 19.2. The minimum atomic E-state index is -0.402. The second-order valence-electron chi connectivity index (χ2n) is 4.09. The van der Waals surface area contributed by atoms with Crippen molar-refractivity contribution in [2.75, 3.05) is 18.4 Å². The van der Waals surface area contributed by atoms with Gasteiger partial charge in [-0.25, -0.2) is 0 Å². The van der Waals surface area contributed by atoms with Gasteiger partial charge in [0.1, 0.15) is 5.69 Å². The van der Waals surface area contributed by atoms with Gasteiger partial charge < -0.3 is 10.6 Å². The highest BCUT2D eigenvalue weighted by Gasteiger charge is 2.17. The Bertz CT molecular complexity index is 419. The summed E-state index contributed by atoms with van der Waals surface area (Å²) in [4.78, 5) is 10.4. The Morgan fingerprint density at radius 3 is 3.06 bits per heavy atom. The number of benzene rings is 1. The Morgan fingerprint density at radius 1 is 1.59 bits per heavy atom. The molecule has 1 atom stereocenters. The number of nitrogens with zero attached hydrogens (tertiary/aromatic N) is 1. The standard InChI is InChI=1S/C11H14ClN3O2/c12-8-3-4-11(15(16)17)10(6-8)14-7-9-2-1-5-13-9/h3-4,6,9,13-14H,1-2,5,7H2. The van der Waals surface area contributed by atoms with E-state index in [1.165, 1.54) is 12.1 Å². The number of anilines is 1. The molecule has 1 aliphatic heterocycles. The van der Waals surface area contributed by atoms with Crippen LogP contribution in [0.5, 0.6) is 0 Å². The number of halogens is 1. The minimum absolute atomic E-state index is 0.0624. The average molecular weight is 256 g/mol. The molecule has 1 fully saturated rings. The SMILES string of the molecule is O=[N+]([O-])c1ccc(Cl)cc1NCC1CCCN1. The van der Waals surface area contributed by atoms with E-state index in [2.05, 4.69) is 10.6 Å². The zero-order chi connectivity index (χ0) is 12.3. The van der Waals surface area contributed by atoms with Gasteiger partial charge in [-0.1, -0.05) is 11.6 Å². The molecule has 2 rings (SSSR count). The number of nitrogens with one attached hydrogen (secondary N) is 2. The summed E-state index contributed by atoms with van der Waals surface area (Å²) in [5.41, 5.74) is 0.545. The van der Waals surface area contributed by atoms with E-state index >= 15 is 0 Å². The maximum absolute atomic E-state index is 10.8. The number of nitro benzene ring substituents is 1. The van der Waals surface area contributed by atoms with Crippen molar-refractivity contribution < 1.29 is 4.92 Å². The summed E-state index contributed by atoms with van der Waals surface area (Å²) in [5.74, 6) is 0. The molecule has 0 amide bonds. The molecule has 1 aliphatic rings. The van der Waals surface area contributed by atoms with Crippen LogP contribution in [0.15, 0.2) is 18.2 Å². The van der Waals surface area contributed by atoms with Gasteiger partial charge in [-0.05, 0) is 31.5 Å². The lowest BCUT2D eigenvalue weighted by Crippen LogP contribution is -2.29. The third-order valence-electron chi connectivity index (χ3n) is 2.86. The highest BCUT2D eigenvalue weighted by atomic mass is 35.5. The van der Waals surface area contributed by atoms with Crippen molar-refractivity contribution in [1.82, 2.24) is 5.32 Å². The largest absolute Gasteiger partial charge is 0.378 e. The second kappa shape index (κ2) is 5.33. The summed E-state index contributed by atoms with van der Waals surface area (Å²) in [5, 5.41) is 17.7. The molecule has 5 nitrogen and oxygen atoms in total. The lowest BCUT2D eigenvalue weighted by atomic mass is 10.2. The van der Waals surface area contributed by atoms with Crippen molar-refractivity contribution in [3.63, 3.8) is 0 Å². The van der Waals surface area contributed by atoms with Crippen molar-refractivity contribution in [1.29, 1.82) is 0 Å². The van der Waals surface area contributed by atoms with E-state index in [1.807, 2.05) is 0 Å². The first kappa shape index (κ1) is 12.1. The molecule has 1 heterocycles. The van der Waals surface area contributed by atoms with Crippen LogP contribution in [0.2, 0.25) is 5.02 Å². The second-order valence-corrected chi connectivity index (χ2v) is 4.53. The van der Waals surface area contributed by atoms with Crippen LogP contribution < -0.4 is 10.6 Å². The third kappa shape index (κ3) is 3.08. The van der Waals surface area contributed by atoms with E-state index in [9.17, 15) is 10.1 Å². The highest BCUT2D eigenvalue weighted by Crippen LogP contribution is 2.27. The fraction of sp³-hybridized carbons (Fsp3) is 0.455. The van der Waals surface area contributed by atoms with Gasteiger partial charge >= 0.3 is 0 Å². The number of hydrogen-bond acceptors (Lipinski definition) is 4. The Kier molecular flexibility index (Phi) is 3.81. The molecule has 1 unspecified atom stereocenters. The minimum Gasteiger partial charge on any atom is -0.378 e. The lowest BCUT2D eigenvalue weighted by molar-refractivity contribution is -0.384. The van der Waals surface area contributed by atoms with Crippen LogP contribution in [0.1, 0.15) is 12.8 Å². The molecule has 0 spiro atoms. The van der Waals surface area contributed by atoms with Gasteiger partial charge in [0, 0.05) is 23.7 Å². The zero-order valence-corrected chi connectivity index (χ0v) is 10.0. The molecule has 0 aromatic heterocycles. The van der Waals surface area contributed by atoms with E-state index in [0.717, 1.165) is 19.4 Å². The lowest BCUT2D eigenvalue weighted by Gasteiger charge is -2.12. The Balaban J connectivity index is 2.07. The van der Waals surface area contributed by atoms with Crippen LogP contribution in [0.3, 0.4) is 0 Å². The Hall–Kier alpha value is -1.33. The van der Waals surface area contributed by atoms with Crippen molar-refractivity contribution in [2.24, 2.45) is 0 Å². The van der Waals surface area contributed by atoms with Crippen molar-refractivity contribution in [3.05, 3.63) is 33.3 Å². The first-order valence-corrected chi connectivity index (χ1v) is 5.96. The van der Waals surface area contributed by atoms with E-state index in [4.69, 9.17) is 11.6 Å². The average Bonchev–Trinajstić information content (AvgIpc) is 2.78. The molecular weight excluding hydrogens is 242 g/mol. The molecule has 1 aromatic rings. The zero-order valence-electron chi connectivity index (χ0n) is 9.28. The molecule has 6 heteroatoms. The summed E-state index contributed by atoms with van der Waals surface area (Å²) < 4.78 is 0. The molecule has 1 aromatic carbocycles. The Morgan fingerprint density at radius 2 is 2.41 bits per heavy atom. The molecule has 1 saturated heterocycles. The van der Waals surface area contributed by atoms with Crippen molar-refractivity contribution >= 4 is 23.0 Å². The fourth-order valence-electron chi connectivity index (χ4n) is 1.97. The van der Waals surface area contributed by atoms with Crippen LogP contribution in [0.25, 0.3) is 0 Å². The quantitative estimate of drug-likeness (QED) is 0.640. The first-order chi connectivity index (χ1) is 8.16. The Labute approximate surface area is 104 Å². The summed E-state index contributed by atoms with van der Waals surface area (Å²) >= 11 is 5.84. The summed E-state index contributed by atoms with van der Waals surface area (Å²) in [6.07, 6.45) is 2.26. The van der Waals surface area contributed by atoms with Gasteiger partial charge in [-0.3, -0.25) is 10.1 Å². The fourth-order valence-corrected chi connectivity index (χ4v) is 2.15. The van der Waals surface area contributed by atoms with Crippen molar-refractivity contribution in [3.8, 4) is 0 Å². The molecule has 0 radical (unpaired) electrons. The van der Waals surface area contributed by atoms with Crippen molar-refractivity contribution in [2.45, 2.75) is 18.9 Å². The van der Waals surface area contributed by atoms with Gasteiger partial charge in [0.05, 0.1) is 4.92 Å². The molecule has 0 saturated carbocycles. The monoisotopic (exact) mass is 255 g/mol. The topological polar surface area (TPSA) is 67.2 Å². The molecule has 0 aliphatic carbocycles. The maximum Gasteiger partial charge on any atom is 0.292 e. The predicted octanol–water partition coefficient (Wildman–Crippen LogP) is 2.41. The first-order valence-electron chi connectivity index (χ1n) is 5.58. The number of rotatable bonds is 4. The van der Waals surface area contributed by atoms with Crippen LogP contribution in [-0.2, 0) is 0 Å². The van der Waals surface area contributed by atoms with Gasteiger partial charge in [0.2, 0.25) is 0 Å². The van der Waals surface area contributed by atoms with Crippen LogP contribution in [0, 0.1) is 10.1 Å². The summed E-state index contributed by atoms with van der Waals surface area (Å²) in [7, 11) is 0. The smallest absolute Gasteiger partial charge is 0.292 e. The summed E-state index contributed by atoms with van der Waals surface area (Å²) in [6.45, 7) is 1.70. The number of nitro groups is 1. The van der Waals surface area contributed by atoms with Crippen LogP contribution >= 0.6 is 11.6 Å². The van der Waals surface area contributed by atoms with Gasteiger partial charge in [-0.2, -0.15) is 0 Å². The van der Waals surface area contributed by atoms with E-state index in [1.54, 1.807) is 6.07 Å². The molecule has 0 bridgehead atoms.